The van der Waals surface area contributed by atoms with Gasteiger partial charge in [0, 0.05) is 19.5 Å². The molecule has 5 nitrogen and oxygen atoms in total. The van der Waals surface area contributed by atoms with Crippen molar-refractivity contribution >= 4 is 11.8 Å². The molecule has 0 saturated heterocycles. The molecule has 0 heterocycles. The van der Waals surface area contributed by atoms with E-state index in [2.05, 4.69) is 29.8 Å². The molecule has 0 unspecified atom stereocenters. The van der Waals surface area contributed by atoms with E-state index < -0.39 is 0 Å². The largest absolute Gasteiger partial charge is 0.354 e. The zero-order valence-electron chi connectivity index (χ0n) is 11.1. The maximum Gasteiger partial charge on any atom is 0.234 e. The Morgan fingerprint density at radius 3 is 2.18 bits per heavy atom. The van der Waals surface area contributed by atoms with Gasteiger partial charge >= 0.3 is 0 Å². The Morgan fingerprint density at radius 1 is 1.06 bits per heavy atom. The minimum atomic E-state index is -0.0320. The third-order valence-electron chi connectivity index (χ3n) is 2.08. The lowest BCUT2D eigenvalue weighted by atomic mass is 10.2. The molecule has 0 fully saturated rings. The van der Waals surface area contributed by atoms with Crippen LogP contribution in [0.2, 0.25) is 0 Å². The topological polar surface area (TPSA) is 70.2 Å². The van der Waals surface area contributed by atoms with Crippen LogP contribution in [0, 0.1) is 5.92 Å². The Bertz CT molecular complexity index is 230. The molecular weight excluding hydrogens is 218 g/mol. The summed E-state index contributed by atoms with van der Waals surface area (Å²) in [4.78, 5) is 22.4. The van der Waals surface area contributed by atoms with Crippen LogP contribution in [0.1, 0.15) is 33.6 Å². The third kappa shape index (κ3) is 11.2. The molecule has 0 aliphatic carbocycles. The van der Waals surface area contributed by atoms with Gasteiger partial charge in [0.05, 0.1) is 6.54 Å². The Kier molecular flexibility index (Phi) is 9.43. The summed E-state index contributed by atoms with van der Waals surface area (Å²) in [5.41, 5.74) is 0. The van der Waals surface area contributed by atoms with Gasteiger partial charge in [-0.1, -0.05) is 20.8 Å². The fourth-order valence-electron chi connectivity index (χ4n) is 1.26. The smallest absolute Gasteiger partial charge is 0.234 e. The minimum Gasteiger partial charge on any atom is -0.354 e. The molecule has 0 bridgehead atoms. The van der Waals surface area contributed by atoms with Crippen molar-refractivity contribution in [3.63, 3.8) is 0 Å². The normalized spacial score (nSPS) is 10.4. The van der Waals surface area contributed by atoms with Gasteiger partial charge in [-0.25, -0.2) is 0 Å². The lowest BCUT2D eigenvalue weighted by molar-refractivity contribution is -0.122. The second-order valence-corrected chi connectivity index (χ2v) is 4.47. The van der Waals surface area contributed by atoms with Gasteiger partial charge in [0.2, 0.25) is 11.8 Å². The lowest BCUT2D eigenvalue weighted by Crippen LogP contribution is -2.39. The zero-order valence-corrected chi connectivity index (χ0v) is 11.1. The van der Waals surface area contributed by atoms with Crippen LogP contribution in [0.15, 0.2) is 0 Å². The molecule has 3 N–H and O–H groups in total. The summed E-state index contributed by atoms with van der Waals surface area (Å²) in [7, 11) is 0. The number of hydrogen-bond acceptors (Lipinski definition) is 3. The van der Waals surface area contributed by atoms with Gasteiger partial charge in [-0.05, 0) is 18.9 Å². The molecule has 17 heavy (non-hydrogen) atoms. The van der Waals surface area contributed by atoms with Crippen LogP contribution < -0.4 is 16.0 Å². The van der Waals surface area contributed by atoms with Crippen LogP contribution in [0.25, 0.3) is 0 Å². The Morgan fingerprint density at radius 2 is 1.65 bits per heavy atom. The standard InChI is InChI=1S/C12H25N3O2/c1-4-5-11(16)14-6-7-15-12(17)9-13-8-10(2)3/h10,13H,4-9H2,1-3H3,(H,14,16)(H,15,17). The first kappa shape index (κ1) is 15.9. The van der Waals surface area contributed by atoms with E-state index in [0.717, 1.165) is 13.0 Å². The molecule has 0 atom stereocenters. The Hall–Kier alpha value is -1.10. The van der Waals surface area contributed by atoms with E-state index in [1.807, 2.05) is 6.92 Å². The van der Waals surface area contributed by atoms with E-state index in [1.54, 1.807) is 0 Å². The SMILES string of the molecule is CCCC(=O)NCCNC(=O)CNCC(C)C. The van der Waals surface area contributed by atoms with E-state index in [-0.39, 0.29) is 11.8 Å². The molecular formula is C12H25N3O2. The Balaban J connectivity index is 3.36. The van der Waals surface area contributed by atoms with E-state index in [4.69, 9.17) is 0 Å². The highest BCUT2D eigenvalue weighted by Crippen LogP contribution is 1.86. The van der Waals surface area contributed by atoms with Crippen molar-refractivity contribution in [3.8, 4) is 0 Å². The molecule has 2 amide bonds. The van der Waals surface area contributed by atoms with Crippen LogP contribution in [-0.4, -0.2) is 38.0 Å². The highest BCUT2D eigenvalue weighted by molar-refractivity contribution is 5.78. The molecule has 0 aromatic rings. The predicted octanol–water partition coefficient (Wildman–Crippen LogP) is 0.265. The van der Waals surface area contributed by atoms with Crippen LogP contribution in [0.3, 0.4) is 0 Å². The maximum absolute atomic E-state index is 11.3. The van der Waals surface area contributed by atoms with Crippen molar-refractivity contribution in [1.82, 2.24) is 16.0 Å². The maximum atomic E-state index is 11.3. The first-order valence-electron chi connectivity index (χ1n) is 6.30. The van der Waals surface area contributed by atoms with Crippen LogP contribution in [-0.2, 0) is 9.59 Å². The third-order valence-corrected chi connectivity index (χ3v) is 2.08. The summed E-state index contributed by atoms with van der Waals surface area (Å²) in [6, 6.07) is 0. The molecule has 0 aliphatic rings. The summed E-state index contributed by atoms with van der Waals surface area (Å²) >= 11 is 0. The van der Waals surface area contributed by atoms with Crippen molar-refractivity contribution in [2.75, 3.05) is 26.2 Å². The van der Waals surface area contributed by atoms with E-state index in [0.29, 0.717) is 32.0 Å². The van der Waals surface area contributed by atoms with Crippen molar-refractivity contribution in [1.29, 1.82) is 0 Å². The van der Waals surface area contributed by atoms with Gasteiger partial charge in [-0.2, -0.15) is 0 Å². The van der Waals surface area contributed by atoms with Gasteiger partial charge in [-0.3, -0.25) is 9.59 Å². The number of nitrogens with one attached hydrogen (secondary N) is 3. The molecule has 0 aromatic carbocycles. The molecule has 0 aromatic heterocycles. The molecule has 0 radical (unpaired) electrons. The quantitative estimate of drug-likeness (QED) is 0.509. The lowest BCUT2D eigenvalue weighted by Gasteiger charge is -2.08. The van der Waals surface area contributed by atoms with E-state index in [9.17, 15) is 9.59 Å². The number of hydrogen-bond donors (Lipinski definition) is 3. The molecule has 100 valence electrons. The zero-order chi connectivity index (χ0) is 13.1. The average molecular weight is 243 g/mol. The van der Waals surface area contributed by atoms with Crippen molar-refractivity contribution < 1.29 is 9.59 Å². The fourth-order valence-corrected chi connectivity index (χ4v) is 1.26. The molecule has 0 saturated carbocycles. The summed E-state index contributed by atoms with van der Waals surface area (Å²) in [5.74, 6) is 0.547. The van der Waals surface area contributed by atoms with Crippen molar-refractivity contribution in [2.45, 2.75) is 33.6 Å². The van der Waals surface area contributed by atoms with Crippen LogP contribution in [0.4, 0.5) is 0 Å². The van der Waals surface area contributed by atoms with Gasteiger partial charge in [0.15, 0.2) is 0 Å². The second-order valence-electron chi connectivity index (χ2n) is 4.47. The minimum absolute atomic E-state index is 0.0320. The number of amides is 2. The number of carbonyl (C=O) groups is 2. The van der Waals surface area contributed by atoms with Crippen LogP contribution in [0.5, 0.6) is 0 Å². The molecule has 5 heteroatoms. The van der Waals surface area contributed by atoms with E-state index in [1.165, 1.54) is 0 Å². The fraction of sp³-hybridized carbons (Fsp3) is 0.833. The predicted molar refractivity (Wildman–Crippen MR) is 68.6 cm³/mol. The van der Waals surface area contributed by atoms with Gasteiger partial charge in [0.1, 0.15) is 0 Å². The summed E-state index contributed by atoms with van der Waals surface area (Å²) < 4.78 is 0. The molecule has 0 aliphatic heterocycles. The van der Waals surface area contributed by atoms with Gasteiger partial charge in [-0.15, -0.1) is 0 Å². The summed E-state index contributed by atoms with van der Waals surface area (Å²) in [6.07, 6.45) is 1.39. The number of carbonyl (C=O) groups excluding carboxylic acids is 2. The second kappa shape index (κ2) is 10.1. The summed E-state index contributed by atoms with van der Waals surface area (Å²) in [5, 5.41) is 8.53. The monoisotopic (exact) mass is 243 g/mol. The Labute approximate surface area is 104 Å². The van der Waals surface area contributed by atoms with Crippen molar-refractivity contribution in [2.24, 2.45) is 5.92 Å². The van der Waals surface area contributed by atoms with E-state index >= 15 is 0 Å². The number of rotatable bonds is 9. The van der Waals surface area contributed by atoms with Gasteiger partial charge < -0.3 is 16.0 Å². The van der Waals surface area contributed by atoms with Gasteiger partial charge in [0.25, 0.3) is 0 Å². The first-order chi connectivity index (χ1) is 8.06. The van der Waals surface area contributed by atoms with Crippen molar-refractivity contribution in [3.05, 3.63) is 0 Å². The molecule has 0 rings (SSSR count). The first-order valence-corrected chi connectivity index (χ1v) is 6.30. The molecule has 0 spiro atoms. The average Bonchev–Trinajstić information content (AvgIpc) is 2.24. The van der Waals surface area contributed by atoms with Crippen LogP contribution >= 0.6 is 0 Å². The highest BCUT2D eigenvalue weighted by Gasteiger charge is 2.01. The summed E-state index contributed by atoms with van der Waals surface area (Å²) in [6.45, 7) is 8.29. The highest BCUT2D eigenvalue weighted by atomic mass is 16.2.